The summed E-state index contributed by atoms with van der Waals surface area (Å²) < 4.78 is 3.17. The Morgan fingerprint density at radius 2 is 2.15 bits per heavy atom. The van der Waals surface area contributed by atoms with E-state index in [1.54, 1.807) is 6.33 Å². The molecule has 0 bridgehead atoms. The minimum absolute atomic E-state index is 0.0218. The van der Waals surface area contributed by atoms with Crippen LogP contribution in [0.5, 0.6) is 0 Å². The molecule has 142 valence electrons. The van der Waals surface area contributed by atoms with E-state index in [-0.39, 0.29) is 24.7 Å². The van der Waals surface area contributed by atoms with E-state index in [1.165, 1.54) is 9.90 Å². The molecule has 2 heterocycles. The molecule has 8 nitrogen and oxygen atoms in total. The number of hydrogen-bond acceptors (Lipinski definition) is 7. The normalized spacial score (nSPS) is 22.4. The van der Waals surface area contributed by atoms with Gasteiger partial charge in [-0.15, -0.1) is 0 Å². The first-order chi connectivity index (χ1) is 13.2. The molecule has 1 saturated carbocycles. The van der Waals surface area contributed by atoms with Crippen molar-refractivity contribution in [2.24, 2.45) is 5.92 Å². The van der Waals surface area contributed by atoms with Gasteiger partial charge in [0.05, 0.1) is 12.4 Å². The lowest BCUT2D eigenvalue weighted by Gasteiger charge is -2.12. The Hall–Kier alpha value is -1.82. The van der Waals surface area contributed by atoms with Crippen LogP contribution in [0.4, 0.5) is 5.82 Å². The number of aromatic nitrogens is 4. The Kier molecular flexibility index (Phi) is 5.53. The van der Waals surface area contributed by atoms with E-state index in [4.69, 9.17) is 5.26 Å². The molecule has 1 aliphatic carbocycles. The molecule has 3 unspecified atom stereocenters. The maximum atomic E-state index is 9.49. The number of nitrogens with one attached hydrogen (secondary N) is 1. The predicted molar refractivity (Wildman–Crippen MR) is 108 cm³/mol. The van der Waals surface area contributed by atoms with E-state index in [0.717, 1.165) is 11.2 Å². The topological polar surface area (TPSA) is 105 Å². The standard InChI is InChI=1S/C18H20IN5O3/c19-13-3-1-2-11(4-13)7-20-17-16-18(22-9-21-17)24(10-23-16)14-5-12(8-25)15(6-14)27-26/h1-4,9-10,12,14-15,25-26H,5-8H2,(H,20,21,22). The second kappa shape index (κ2) is 8.05. The Labute approximate surface area is 169 Å². The lowest BCUT2D eigenvalue weighted by Crippen LogP contribution is -2.19. The number of aliphatic hydroxyl groups excluding tert-OH is 1. The van der Waals surface area contributed by atoms with Crippen LogP contribution in [0.15, 0.2) is 36.9 Å². The van der Waals surface area contributed by atoms with Crippen molar-refractivity contribution in [2.45, 2.75) is 31.5 Å². The maximum Gasteiger partial charge on any atom is 0.165 e. The summed E-state index contributed by atoms with van der Waals surface area (Å²) >= 11 is 2.29. The molecule has 3 aromatic rings. The number of benzene rings is 1. The summed E-state index contributed by atoms with van der Waals surface area (Å²) in [6.07, 6.45) is 4.19. The van der Waals surface area contributed by atoms with Gasteiger partial charge in [0.25, 0.3) is 0 Å². The van der Waals surface area contributed by atoms with Gasteiger partial charge >= 0.3 is 0 Å². The highest BCUT2D eigenvalue weighted by Crippen LogP contribution is 2.37. The molecule has 1 fully saturated rings. The van der Waals surface area contributed by atoms with Crippen molar-refractivity contribution >= 4 is 39.6 Å². The van der Waals surface area contributed by atoms with Crippen molar-refractivity contribution in [3.8, 4) is 0 Å². The van der Waals surface area contributed by atoms with Gasteiger partial charge in [-0.1, -0.05) is 12.1 Å². The number of anilines is 1. The van der Waals surface area contributed by atoms with Crippen molar-refractivity contribution in [3.05, 3.63) is 46.1 Å². The molecule has 4 rings (SSSR count). The number of aliphatic hydroxyl groups is 1. The predicted octanol–water partition coefficient (Wildman–Crippen LogP) is 2.84. The Balaban J connectivity index is 1.57. The number of halogens is 1. The van der Waals surface area contributed by atoms with Crippen LogP contribution in [0.2, 0.25) is 0 Å². The van der Waals surface area contributed by atoms with E-state index in [2.05, 4.69) is 65.9 Å². The van der Waals surface area contributed by atoms with Crippen LogP contribution in [-0.2, 0) is 11.4 Å². The Morgan fingerprint density at radius 1 is 1.26 bits per heavy atom. The molecule has 3 N–H and O–H groups in total. The van der Waals surface area contributed by atoms with Crippen molar-refractivity contribution in [1.82, 2.24) is 19.5 Å². The molecule has 0 amide bonds. The van der Waals surface area contributed by atoms with Gasteiger partial charge < -0.3 is 15.0 Å². The summed E-state index contributed by atoms with van der Waals surface area (Å²) in [5.74, 6) is 0.585. The molecular formula is C18H20IN5O3. The SMILES string of the molecule is OCC1CC(n2cnc3c(NCc4cccc(I)c4)ncnc32)CC1OO. The molecular weight excluding hydrogens is 461 g/mol. The first kappa shape index (κ1) is 18.5. The summed E-state index contributed by atoms with van der Waals surface area (Å²) in [4.78, 5) is 17.8. The fourth-order valence-corrected chi connectivity index (χ4v) is 4.30. The van der Waals surface area contributed by atoms with Gasteiger partial charge in [-0.3, -0.25) is 5.26 Å². The number of imidazole rings is 1. The highest BCUT2D eigenvalue weighted by Gasteiger charge is 2.36. The van der Waals surface area contributed by atoms with E-state index >= 15 is 0 Å². The Morgan fingerprint density at radius 3 is 2.89 bits per heavy atom. The second-order valence-electron chi connectivity index (χ2n) is 6.74. The Bertz CT molecular complexity index is 922. The van der Waals surface area contributed by atoms with Crippen LogP contribution >= 0.6 is 22.6 Å². The summed E-state index contributed by atoms with van der Waals surface area (Å²) in [5.41, 5.74) is 2.60. The van der Waals surface area contributed by atoms with Gasteiger partial charge in [0.2, 0.25) is 0 Å². The van der Waals surface area contributed by atoms with Crippen LogP contribution in [0, 0.1) is 9.49 Å². The third-order valence-electron chi connectivity index (χ3n) is 5.08. The molecule has 2 aromatic heterocycles. The van der Waals surface area contributed by atoms with Gasteiger partial charge in [0.1, 0.15) is 11.8 Å². The molecule has 1 aliphatic rings. The zero-order valence-corrected chi connectivity index (χ0v) is 16.7. The largest absolute Gasteiger partial charge is 0.396 e. The number of fused-ring (bicyclic) bond motifs is 1. The van der Waals surface area contributed by atoms with E-state index < -0.39 is 0 Å². The zero-order chi connectivity index (χ0) is 18.8. The first-order valence-corrected chi connectivity index (χ1v) is 9.84. The number of hydrogen-bond donors (Lipinski definition) is 3. The fraction of sp³-hybridized carbons (Fsp3) is 0.389. The molecule has 0 saturated heterocycles. The fourth-order valence-electron chi connectivity index (χ4n) is 3.69. The third-order valence-corrected chi connectivity index (χ3v) is 5.75. The summed E-state index contributed by atoms with van der Waals surface area (Å²) in [6, 6.07) is 8.32. The highest BCUT2D eigenvalue weighted by atomic mass is 127. The van der Waals surface area contributed by atoms with Crippen molar-refractivity contribution in [2.75, 3.05) is 11.9 Å². The average Bonchev–Trinajstić information content (AvgIpc) is 3.30. The minimum Gasteiger partial charge on any atom is -0.396 e. The first-order valence-electron chi connectivity index (χ1n) is 8.76. The molecule has 0 aliphatic heterocycles. The van der Waals surface area contributed by atoms with Crippen LogP contribution in [0.3, 0.4) is 0 Å². The molecule has 3 atom stereocenters. The zero-order valence-electron chi connectivity index (χ0n) is 14.5. The number of nitrogens with zero attached hydrogens (tertiary/aromatic N) is 4. The van der Waals surface area contributed by atoms with E-state index in [9.17, 15) is 5.11 Å². The number of rotatable bonds is 6. The maximum absolute atomic E-state index is 9.49. The van der Waals surface area contributed by atoms with Crippen LogP contribution in [-0.4, -0.2) is 42.6 Å². The molecule has 9 heteroatoms. The van der Waals surface area contributed by atoms with Crippen molar-refractivity contribution < 1.29 is 15.3 Å². The molecule has 0 spiro atoms. The van der Waals surface area contributed by atoms with Gasteiger partial charge in [-0.05, 0) is 53.1 Å². The molecule has 1 aromatic carbocycles. The van der Waals surface area contributed by atoms with Gasteiger partial charge in [0, 0.05) is 28.7 Å². The quantitative estimate of drug-likeness (QED) is 0.283. The van der Waals surface area contributed by atoms with E-state index in [0.29, 0.717) is 30.7 Å². The summed E-state index contributed by atoms with van der Waals surface area (Å²) in [7, 11) is 0. The molecule has 0 radical (unpaired) electrons. The van der Waals surface area contributed by atoms with Gasteiger partial charge in [-0.2, -0.15) is 0 Å². The lowest BCUT2D eigenvalue weighted by atomic mass is 10.1. The van der Waals surface area contributed by atoms with Gasteiger partial charge in [0.15, 0.2) is 11.5 Å². The highest BCUT2D eigenvalue weighted by molar-refractivity contribution is 14.1. The average molecular weight is 481 g/mol. The minimum atomic E-state index is -0.377. The van der Waals surface area contributed by atoms with Crippen molar-refractivity contribution in [1.29, 1.82) is 0 Å². The third kappa shape index (κ3) is 3.77. The lowest BCUT2D eigenvalue weighted by molar-refractivity contribution is -0.287. The van der Waals surface area contributed by atoms with Gasteiger partial charge in [-0.25, -0.2) is 19.8 Å². The van der Waals surface area contributed by atoms with Crippen LogP contribution < -0.4 is 5.32 Å². The van der Waals surface area contributed by atoms with Crippen molar-refractivity contribution in [3.63, 3.8) is 0 Å². The summed E-state index contributed by atoms with van der Waals surface area (Å²) in [6.45, 7) is 0.623. The van der Waals surface area contributed by atoms with E-state index in [1.807, 2.05) is 10.6 Å². The van der Waals surface area contributed by atoms with Crippen LogP contribution in [0.25, 0.3) is 11.2 Å². The van der Waals surface area contributed by atoms with Crippen LogP contribution in [0.1, 0.15) is 24.4 Å². The molecule has 27 heavy (non-hydrogen) atoms. The second-order valence-corrected chi connectivity index (χ2v) is 7.99. The smallest absolute Gasteiger partial charge is 0.165 e. The summed E-state index contributed by atoms with van der Waals surface area (Å²) in [5, 5.41) is 21.9. The monoisotopic (exact) mass is 481 g/mol.